The van der Waals surface area contributed by atoms with Crippen molar-refractivity contribution in [2.75, 3.05) is 14.2 Å². The second-order valence-corrected chi connectivity index (χ2v) is 7.06. The molecule has 28 heavy (non-hydrogen) atoms. The first-order valence-corrected chi connectivity index (χ1v) is 9.53. The molecule has 4 rings (SSSR count). The molecule has 0 aliphatic rings. The average Bonchev–Trinajstić information content (AvgIpc) is 3.38. The Labute approximate surface area is 166 Å². The third kappa shape index (κ3) is 3.20. The molecule has 0 saturated carbocycles. The van der Waals surface area contributed by atoms with Crippen molar-refractivity contribution in [2.45, 2.75) is 6.54 Å². The predicted octanol–water partition coefficient (Wildman–Crippen LogP) is 4.03. The second-order valence-electron chi connectivity index (χ2n) is 6.06. The number of hydrogen-bond donors (Lipinski definition) is 1. The van der Waals surface area contributed by atoms with Gasteiger partial charge in [-0.2, -0.15) is 0 Å². The minimum atomic E-state index is -0.156. The molecule has 0 bridgehead atoms. The lowest BCUT2D eigenvalue weighted by Crippen LogP contribution is -2.23. The number of rotatable bonds is 6. The van der Waals surface area contributed by atoms with Crippen LogP contribution in [0.5, 0.6) is 11.5 Å². The number of nitrogens with one attached hydrogen (secondary N) is 1. The van der Waals surface area contributed by atoms with Gasteiger partial charge in [0.2, 0.25) is 0 Å². The van der Waals surface area contributed by atoms with Crippen molar-refractivity contribution >= 4 is 27.5 Å². The number of methoxy groups -OCH3 is 2. The van der Waals surface area contributed by atoms with E-state index in [0.29, 0.717) is 22.9 Å². The van der Waals surface area contributed by atoms with Crippen LogP contribution in [0.4, 0.5) is 0 Å². The molecule has 6 nitrogen and oxygen atoms in total. The van der Waals surface area contributed by atoms with Crippen LogP contribution < -0.4 is 14.8 Å². The van der Waals surface area contributed by atoms with Crippen molar-refractivity contribution < 1.29 is 14.3 Å². The summed E-state index contributed by atoms with van der Waals surface area (Å²) in [6.45, 7) is 0.325. The topological polar surface area (TPSA) is 65.4 Å². The maximum Gasteiger partial charge on any atom is 0.263 e. The monoisotopic (exact) mass is 393 g/mol. The zero-order valence-corrected chi connectivity index (χ0v) is 16.3. The Balaban J connectivity index is 1.67. The zero-order chi connectivity index (χ0) is 19.5. The molecular weight excluding hydrogens is 374 g/mol. The Morgan fingerprint density at radius 1 is 1.11 bits per heavy atom. The summed E-state index contributed by atoms with van der Waals surface area (Å²) in [4.78, 5) is 18.9. The van der Waals surface area contributed by atoms with E-state index in [4.69, 9.17) is 9.47 Å². The van der Waals surface area contributed by atoms with Crippen LogP contribution in [0, 0.1) is 0 Å². The molecule has 0 radical (unpaired) electrons. The summed E-state index contributed by atoms with van der Waals surface area (Å²) in [5.41, 5.74) is 1.69. The number of ether oxygens (including phenoxy) is 2. The summed E-state index contributed by atoms with van der Waals surface area (Å²) < 4.78 is 12.7. The number of para-hydroxylation sites is 1. The molecule has 0 aliphatic carbocycles. The number of carbonyl (C=O) groups is 1. The summed E-state index contributed by atoms with van der Waals surface area (Å²) in [6, 6.07) is 13.3. The molecule has 0 spiro atoms. The number of thiophene rings is 1. The van der Waals surface area contributed by atoms with Crippen molar-refractivity contribution in [1.29, 1.82) is 0 Å². The van der Waals surface area contributed by atoms with Crippen LogP contribution in [-0.4, -0.2) is 29.7 Å². The number of nitrogens with zero attached hydrogens (tertiary/aromatic N) is 2. The Morgan fingerprint density at radius 3 is 2.68 bits per heavy atom. The van der Waals surface area contributed by atoms with Gasteiger partial charge in [-0.3, -0.25) is 4.79 Å². The van der Waals surface area contributed by atoms with E-state index in [1.807, 2.05) is 59.4 Å². The normalized spacial score (nSPS) is 10.8. The first-order chi connectivity index (χ1) is 13.7. The molecule has 1 aromatic carbocycles. The number of benzene rings is 1. The van der Waals surface area contributed by atoms with Crippen LogP contribution in [0.25, 0.3) is 15.9 Å². The van der Waals surface area contributed by atoms with Gasteiger partial charge in [-0.15, -0.1) is 11.3 Å². The molecule has 0 aliphatic heterocycles. The Hall–Kier alpha value is -3.32. The van der Waals surface area contributed by atoms with E-state index in [9.17, 15) is 4.79 Å². The maximum atomic E-state index is 13.0. The molecule has 0 saturated heterocycles. The number of pyridine rings is 1. The van der Waals surface area contributed by atoms with Gasteiger partial charge in [-0.25, -0.2) is 4.98 Å². The fraction of sp³-hybridized carbons (Fsp3) is 0.143. The fourth-order valence-corrected chi connectivity index (χ4v) is 4.22. The maximum absolute atomic E-state index is 13.0. The molecule has 142 valence electrons. The number of carbonyl (C=O) groups excluding carboxylic acids is 1. The summed E-state index contributed by atoms with van der Waals surface area (Å²) in [7, 11) is 3.18. The predicted molar refractivity (Wildman–Crippen MR) is 110 cm³/mol. The molecule has 3 aromatic heterocycles. The standard InChI is InChI=1S/C21H19N3O3S/c1-26-16-9-5-7-14(18(16)27-2)13-23-20(25)19-17(24-11-3-4-12-24)15-8-6-10-22-21(15)28-19/h3-12H,13H2,1-2H3,(H,23,25). The highest BCUT2D eigenvalue weighted by Crippen LogP contribution is 2.34. The average molecular weight is 393 g/mol. The van der Waals surface area contributed by atoms with Gasteiger partial charge >= 0.3 is 0 Å². The van der Waals surface area contributed by atoms with Crippen LogP contribution in [0.3, 0.4) is 0 Å². The van der Waals surface area contributed by atoms with E-state index < -0.39 is 0 Å². The molecule has 1 N–H and O–H groups in total. The van der Waals surface area contributed by atoms with Gasteiger partial charge in [0.05, 0.1) is 19.9 Å². The summed E-state index contributed by atoms with van der Waals surface area (Å²) >= 11 is 1.38. The lowest BCUT2D eigenvalue weighted by Gasteiger charge is -2.13. The summed E-state index contributed by atoms with van der Waals surface area (Å²) in [5.74, 6) is 1.10. The van der Waals surface area contributed by atoms with E-state index in [2.05, 4.69) is 10.3 Å². The van der Waals surface area contributed by atoms with Crippen LogP contribution >= 0.6 is 11.3 Å². The van der Waals surface area contributed by atoms with Gasteiger partial charge in [-0.1, -0.05) is 12.1 Å². The smallest absolute Gasteiger partial charge is 0.263 e. The van der Waals surface area contributed by atoms with Gasteiger partial charge in [0.15, 0.2) is 11.5 Å². The van der Waals surface area contributed by atoms with E-state index in [-0.39, 0.29) is 5.91 Å². The van der Waals surface area contributed by atoms with Gasteiger partial charge < -0.3 is 19.4 Å². The Bertz CT molecular complexity index is 1120. The van der Waals surface area contributed by atoms with E-state index in [1.54, 1.807) is 20.4 Å². The highest BCUT2D eigenvalue weighted by Gasteiger charge is 2.20. The highest BCUT2D eigenvalue weighted by molar-refractivity contribution is 7.21. The minimum Gasteiger partial charge on any atom is -0.493 e. The van der Waals surface area contributed by atoms with Crippen LogP contribution in [0.1, 0.15) is 15.2 Å². The molecular formula is C21H19N3O3S. The second kappa shape index (κ2) is 7.74. The third-order valence-electron chi connectivity index (χ3n) is 4.43. The molecule has 7 heteroatoms. The number of amides is 1. The zero-order valence-electron chi connectivity index (χ0n) is 15.5. The molecule has 0 fully saturated rings. The van der Waals surface area contributed by atoms with E-state index >= 15 is 0 Å². The number of fused-ring (bicyclic) bond motifs is 1. The molecule has 4 aromatic rings. The van der Waals surface area contributed by atoms with Crippen molar-refractivity contribution in [3.8, 4) is 17.2 Å². The lowest BCUT2D eigenvalue weighted by atomic mass is 10.1. The van der Waals surface area contributed by atoms with Gasteiger partial charge in [0.25, 0.3) is 5.91 Å². The molecule has 0 unspecified atom stereocenters. The molecule has 0 atom stereocenters. The fourth-order valence-electron chi connectivity index (χ4n) is 3.16. The molecule has 1 amide bonds. The summed E-state index contributed by atoms with van der Waals surface area (Å²) in [6.07, 6.45) is 5.59. The van der Waals surface area contributed by atoms with E-state index in [1.165, 1.54) is 11.3 Å². The summed E-state index contributed by atoms with van der Waals surface area (Å²) in [5, 5.41) is 3.95. The quantitative estimate of drug-likeness (QED) is 0.537. The molecule has 3 heterocycles. The highest BCUT2D eigenvalue weighted by atomic mass is 32.1. The van der Waals surface area contributed by atoms with Crippen molar-refractivity contribution in [1.82, 2.24) is 14.9 Å². The first kappa shape index (κ1) is 18.1. The first-order valence-electron chi connectivity index (χ1n) is 8.72. The number of hydrogen-bond acceptors (Lipinski definition) is 5. The third-order valence-corrected chi connectivity index (χ3v) is 5.53. The van der Waals surface area contributed by atoms with Crippen LogP contribution in [0.15, 0.2) is 61.1 Å². The van der Waals surface area contributed by atoms with Crippen LogP contribution in [-0.2, 0) is 6.54 Å². The van der Waals surface area contributed by atoms with Gasteiger partial charge in [0, 0.05) is 36.1 Å². The Kier molecular flexibility index (Phi) is 4.99. The van der Waals surface area contributed by atoms with Gasteiger partial charge in [0.1, 0.15) is 9.71 Å². The van der Waals surface area contributed by atoms with Crippen molar-refractivity contribution in [3.05, 3.63) is 71.5 Å². The Morgan fingerprint density at radius 2 is 1.93 bits per heavy atom. The van der Waals surface area contributed by atoms with Crippen molar-refractivity contribution in [3.63, 3.8) is 0 Å². The van der Waals surface area contributed by atoms with Crippen molar-refractivity contribution in [2.24, 2.45) is 0 Å². The van der Waals surface area contributed by atoms with E-state index in [0.717, 1.165) is 21.5 Å². The number of aromatic nitrogens is 2. The minimum absolute atomic E-state index is 0.156. The SMILES string of the molecule is COc1cccc(CNC(=O)c2sc3ncccc3c2-n2cccc2)c1OC. The van der Waals surface area contributed by atoms with Gasteiger partial charge in [-0.05, 0) is 30.3 Å². The van der Waals surface area contributed by atoms with Crippen LogP contribution in [0.2, 0.25) is 0 Å². The largest absolute Gasteiger partial charge is 0.493 e. The lowest BCUT2D eigenvalue weighted by molar-refractivity contribution is 0.0954.